The number of carbonyl (C=O) groups is 1. The van der Waals surface area contributed by atoms with Crippen molar-refractivity contribution in [2.45, 2.75) is 32.4 Å². The highest BCUT2D eigenvalue weighted by Gasteiger charge is 2.25. The van der Waals surface area contributed by atoms with Crippen LogP contribution in [0.25, 0.3) is 0 Å². The second kappa shape index (κ2) is 5.57. The van der Waals surface area contributed by atoms with Crippen LogP contribution in [0.3, 0.4) is 0 Å². The highest BCUT2D eigenvalue weighted by molar-refractivity contribution is 5.73. The van der Waals surface area contributed by atoms with Crippen LogP contribution in [0.1, 0.15) is 31.9 Å². The molecule has 3 N–H and O–H groups in total. The van der Waals surface area contributed by atoms with Crippen molar-refractivity contribution in [1.29, 1.82) is 0 Å². The van der Waals surface area contributed by atoms with Crippen LogP contribution in [0.4, 0.5) is 10.1 Å². The number of halogens is 1. The van der Waals surface area contributed by atoms with Crippen molar-refractivity contribution in [3.05, 3.63) is 29.6 Å². The average Bonchev–Trinajstić information content (AvgIpc) is 2.76. The first-order valence-electron chi connectivity index (χ1n) is 6.54. The van der Waals surface area contributed by atoms with Crippen LogP contribution in [-0.4, -0.2) is 25.0 Å². The Morgan fingerprint density at radius 3 is 2.89 bits per heavy atom. The van der Waals surface area contributed by atoms with Gasteiger partial charge in [0.15, 0.2) is 0 Å². The van der Waals surface area contributed by atoms with E-state index in [0.29, 0.717) is 12.2 Å². The van der Waals surface area contributed by atoms with E-state index in [0.717, 1.165) is 18.5 Å². The SMILES string of the molecule is CC(=O)NC1CCN(c2ccc([C@H](C)N)cc2F)C1. The molecule has 0 radical (unpaired) electrons. The van der Waals surface area contributed by atoms with E-state index in [1.54, 1.807) is 6.07 Å². The van der Waals surface area contributed by atoms with Gasteiger partial charge in [0.25, 0.3) is 0 Å². The van der Waals surface area contributed by atoms with E-state index in [1.807, 2.05) is 17.9 Å². The highest BCUT2D eigenvalue weighted by atomic mass is 19.1. The maximum Gasteiger partial charge on any atom is 0.217 e. The van der Waals surface area contributed by atoms with Gasteiger partial charge in [0.2, 0.25) is 5.91 Å². The second-order valence-electron chi connectivity index (χ2n) is 5.13. The number of amides is 1. The minimum Gasteiger partial charge on any atom is -0.367 e. The number of benzene rings is 1. The first-order chi connectivity index (χ1) is 8.97. The van der Waals surface area contributed by atoms with Gasteiger partial charge in [-0.15, -0.1) is 0 Å². The molecule has 0 spiro atoms. The van der Waals surface area contributed by atoms with Crippen LogP contribution in [0.5, 0.6) is 0 Å². The van der Waals surface area contributed by atoms with Gasteiger partial charge in [0.05, 0.1) is 5.69 Å². The molecule has 1 aliphatic heterocycles. The molecule has 1 unspecified atom stereocenters. The standard InChI is InChI=1S/C14H20FN3O/c1-9(16)11-3-4-14(13(15)7-11)18-6-5-12(8-18)17-10(2)19/h3-4,7,9,12H,5-6,8,16H2,1-2H3,(H,17,19)/t9-,12?/m0/s1. The third kappa shape index (κ3) is 3.23. The minimum absolute atomic E-state index is 0.0420. The number of rotatable bonds is 3. The summed E-state index contributed by atoms with van der Waals surface area (Å²) in [5.74, 6) is -0.294. The molecule has 1 aliphatic rings. The summed E-state index contributed by atoms with van der Waals surface area (Å²) in [4.78, 5) is 13.0. The number of hydrogen-bond acceptors (Lipinski definition) is 3. The molecule has 2 rings (SSSR count). The quantitative estimate of drug-likeness (QED) is 0.872. The molecule has 1 fully saturated rings. The van der Waals surface area contributed by atoms with E-state index in [2.05, 4.69) is 5.32 Å². The van der Waals surface area contributed by atoms with Crippen molar-refractivity contribution in [2.24, 2.45) is 5.73 Å². The Labute approximate surface area is 112 Å². The zero-order valence-corrected chi connectivity index (χ0v) is 11.3. The van der Waals surface area contributed by atoms with Crippen LogP contribution in [0, 0.1) is 5.82 Å². The van der Waals surface area contributed by atoms with E-state index >= 15 is 0 Å². The largest absolute Gasteiger partial charge is 0.367 e. The fourth-order valence-electron chi connectivity index (χ4n) is 2.45. The van der Waals surface area contributed by atoms with Crippen LogP contribution >= 0.6 is 0 Å². The van der Waals surface area contributed by atoms with Crippen molar-refractivity contribution < 1.29 is 9.18 Å². The highest BCUT2D eigenvalue weighted by Crippen LogP contribution is 2.26. The Kier molecular flexibility index (Phi) is 4.04. The first kappa shape index (κ1) is 13.8. The molecular formula is C14H20FN3O. The third-order valence-corrected chi connectivity index (χ3v) is 3.43. The lowest BCUT2D eigenvalue weighted by atomic mass is 10.1. The molecule has 1 aromatic rings. The van der Waals surface area contributed by atoms with Crippen molar-refractivity contribution in [3.8, 4) is 0 Å². The molecular weight excluding hydrogens is 245 g/mol. The zero-order chi connectivity index (χ0) is 14.0. The number of carbonyl (C=O) groups excluding carboxylic acids is 1. The lowest BCUT2D eigenvalue weighted by Crippen LogP contribution is -2.35. The van der Waals surface area contributed by atoms with Crippen molar-refractivity contribution in [3.63, 3.8) is 0 Å². The Morgan fingerprint density at radius 1 is 1.58 bits per heavy atom. The molecule has 1 amide bonds. The first-order valence-corrected chi connectivity index (χ1v) is 6.54. The smallest absolute Gasteiger partial charge is 0.217 e. The molecule has 1 saturated heterocycles. The molecule has 2 atom stereocenters. The summed E-state index contributed by atoms with van der Waals surface area (Å²) in [6, 6.07) is 5.05. The van der Waals surface area contributed by atoms with Gasteiger partial charge in [0, 0.05) is 32.1 Å². The fourth-order valence-corrected chi connectivity index (χ4v) is 2.45. The molecule has 0 saturated carbocycles. The topological polar surface area (TPSA) is 58.4 Å². The normalized spacial score (nSPS) is 20.4. The molecule has 5 heteroatoms. The molecule has 1 heterocycles. The summed E-state index contributed by atoms with van der Waals surface area (Å²) in [5, 5.41) is 2.87. The zero-order valence-electron chi connectivity index (χ0n) is 11.3. The summed E-state index contributed by atoms with van der Waals surface area (Å²) < 4.78 is 14.1. The molecule has 1 aromatic carbocycles. The van der Waals surface area contributed by atoms with Crippen molar-refractivity contribution in [2.75, 3.05) is 18.0 Å². The summed E-state index contributed by atoms with van der Waals surface area (Å²) in [5.41, 5.74) is 7.11. The molecule has 0 aromatic heterocycles. The second-order valence-corrected chi connectivity index (χ2v) is 5.13. The van der Waals surface area contributed by atoms with Gasteiger partial charge in [-0.3, -0.25) is 4.79 Å². The predicted octanol–water partition coefficient (Wildman–Crippen LogP) is 1.56. The van der Waals surface area contributed by atoms with Crippen molar-refractivity contribution >= 4 is 11.6 Å². The maximum absolute atomic E-state index is 14.1. The summed E-state index contributed by atoms with van der Waals surface area (Å²) >= 11 is 0. The Bertz CT molecular complexity index is 476. The van der Waals surface area contributed by atoms with Gasteiger partial charge in [0.1, 0.15) is 5.82 Å². The monoisotopic (exact) mass is 265 g/mol. The predicted molar refractivity (Wildman–Crippen MR) is 73.4 cm³/mol. The van der Waals surface area contributed by atoms with Crippen LogP contribution in [-0.2, 0) is 4.79 Å². The Balaban J connectivity index is 2.09. The molecule has 0 bridgehead atoms. The van der Waals surface area contributed by atoms with E-state index in [4.69, 9.17) is 5.73 Å². The van der Waals surface area contributed by atoms with E-state index < -0.39 is 0 Å². The van der Waals surface area contributed by atoms with Crippen LogP contribution in [0.2, 0.25) is 0 Å². The fraction of sp³-hybridized carbons (Fsp3) is 0.500. The van der Waals surface area contributed by atoms with Gasteiger partial charge in [-0.05, 0) is 31.0 Å². The number of anilines is 1. The minimum atomic E-state index is -0.252. The Morgan fingerprint density at radius 2 is 2.32 bits per heavy atom. The summed E-state index contributed by atoms with van der Waals surface area (Å²) in [6.45, 7) is 4.73. The van der Waals surface area contributed by atoms with Crippen molar-refractivity contribution in [1.82, 2.24) is 5.32 Å². The summed E-state index contributed by atoms with van der Waals surface area (Å²) in [6.07, 6.45) is 0.841. The van der Waals surface area contributed by atoms with Gasteiger partial charge in [-0.1, -0.05) is 6.07 Å². The van der Waals surface area contributed by atoms with Gasteiger partial charge in [-0.25, -0.2) is 4.39 Å². The molecule has 4 nitrogen and oxygen atoms in total. The van der Waals surface area contributed by atoms with Crippen LogP contribution < -0.4 is 16.0 Å². The van der Waals surface area contributed by atoms with Gasteiger partial charge in [-0.2, -0.15) is 0 Å². The molecule has 104 valence electrons. The lowest BCUT2D eigenvalue weighted by molar-refractivity contribution is -0.119. The maximum atomic E-state index is 14.1. The number of nitrogens with two attached hydrogens (primary N) is 1. The molecule has 19 heavy (non-hydrogen) atoms. The third-order valence-electron chi connectivity index (χ3n) is 3.43. The van der Waals surface area contributed by atoms with E-state index in [1.165, 1.54) is 13.0 Å². The average molecular weight is 265 g/mol. The van der Waals surface area contributed by atoms with Crippen LogP contribution in [0.15, 0.2) is 18.2 Å². The number of hydrogen-bond donors (Lipinski definition) is 2. The molecule has 0 aliphatic carbocycles. The summed E-state index contributed by atoms with van der Waals surface area (Å²) in [7, 11) is 0. The number of nitrogens with one attached hydrogen (secondary N) is 1. The van der Waals surface area contributed by atoms with E-state index in [9.17, 15) is 9.18 Å². The van der Waals surface area contributed by atoms with Gasteiger partial charge >= 0.3 is 0 Å². The Hall–Kier alpha value is -1.62. The van der Waals surface area contributed by atoms with E-state index in [-0.39, 0.29) is 23.8 Å². The van der Waals surface area contributed by atoms with Gasteiger partial charge < -0.3 is 16.0 Å². The lowest BCUT2D eigenvalue weighted by Gasteiger charge is -2.20. The number of nitrogens with zero attached hydrogens (tertiary/aromatic N) is 1.